The van der Waals surface area contributed by atoms with E-state index in [4.69, 9.17) is 4.74 Å². The van der Waals surface area contributed by atoms with Crippen molar-refractivity contribution in [2.24, 2.45) is 0 Å². The van der Waals surface area contributed by atoms with Crippen molar-refractivity contribution in [3.8, 4) is 0 Å². The van der Waals surface area contributed by atoms with Crippen LogP contribution in [0.4, 0.5) is 0 Å². The Kier molecular flexibility index (Phi) is 6.00. The Morgan fingerprint density at radius 3 is 3.00 bits per heavy atom. The van der Waals surface area contributed by atoms with Crippen molar-refractivity contribution in [3.63, 3.8) is 0 Å². The molecule has 13 heavy (non-hydrogen) atoms. The third-order valence-electron chi connectivity index (χ3n) is 2.77. The van der Waals surface area contributed by atoms with Gasteiger partial charge in [0.1, 0.15) is 0 Å². The van der Waals surface area contributed by atoms with Gasteiger partial charge < -0.3 is 4.74 Å². The van der Waals surface area contributed by atoms with E-state index < -0.39 is 0 Å². The van der Waals surface area contributed by atoms with Gasteiger partial charge in [-0.25, -0.2) is 0 Å². The van der Waals surface area contributed by atoms with Crippen molar-refractivity contribution in [1.82, 2.24) is 4.90 Å². The van der Waals surface area contributed by atoms with Crippen LogP contribution in [0, 0.1) is 0 Å². The van der Waals surface area contributed by atoms with Crippen molar-refractivity contribution < 1.29 is 4.74 Å². The highest BCUT2D eigenvalue weighted by Crippen LogP contribution is 2.19. The molecule has 0 aromatic heterocycles. The number of methoxy groups -OCH3 is 1. The SMILES string of the molecule is COCCN1CCCCC1CCBr. The van der Waals surface area contributed by atoms with Crippen molar-refractivity contribution in [1.29, 1.82) is 0 Å². The van der Waals surface area contributed by atoms with Gasteiger partial charge in [-0.05, 0) is 25.8 Å². The van der Waals surface area contributed by atoms with Gasteiger partial charge in [0.2, 0.25) is 0 Å². The summed E-state index contributed by atoms with van der Waals surface area (Å²) >= 11 is 3.52. The lowest BCUT2D eigenvalue weighted by atomic mass is 10.0. The Labute approximate surface area is 89.8 Å². The number of hydrogen-bond donors (Lipinski definition) is 0. The van der Waals surface area contributed by atoms with Gasteiger partial charge >= 0.3 is 0 Å². The molecule has 1 aliphatic rings. The molecular formula is C10H20BrNO. The van der Waals surface area contributed by atoms with E-state index in [0.717, 1.165) is 24.5 Å². The zero-order chi connectivity index (χ0) is 9.52. The second kappa shape index (κ2) is 6.80. The molecule has 1 saturated heterocycles. The highest BCUT2D eigenvalue weighted by Gasteiger charge is 2.20. The van der Waals surface area contributed by atoms with Crippen LogP contribution >= 0.6 is 15.9 Å². The van der Waals surface area contributed by atoms with Crippen LogP contribution in [0.25, 0.3) is 0 Å². The maximum atomic E-state index is 5.12. The summed E-state index contributed by atoms with van der Waals surface area (Å²) < 4.78 is 5.12. The maximum Gasteiger partial charge on any atom is 0.0589 e. The monoisotopic (exact) mass is 249 g/mol. The van der Waals surface area contributed by atoms with Crippen molar-refractivity contribution in [3.05, 3.63) is 0 Å². The van der Waals surface area contributed by atoms with E-state index in [2.05, 4.69) is 20.8 Å². The summed E-state index contributed by atoms with van der Waals surface area (Å²) in [7, 11) is 1.78. The fourth-order valence-electron chi connectivity index (χ4n) is 2.02. The van der Waals surface area contributed by atoms with Crippen LogP contribution in [0.5, 0.6) is 0 Å². The molecule has 0 aliphatic carbocycles. The van der Waals surface area contributed by atoms with E-state index in [0.29, 0.717) is 0 Å². The summed E-state index contributed by atoms with van der Waals surface area (Å²) in [6.45, 7) is 3.24. The molecule has 1 heterocycles. The molecule has 0 spiro atoms. The van der Waals surface area contributed by atoms with E-state index in [1.54, 1.807) is 7.11 Å². The zero-order valence-corrected chi connectivity index (χ0v) is 10.1. The normalized spacial score (nSPS) is 24.9. The molecule has 2 nitrogen and oxygen atoms in total. The minimum atomic E-state index is 0.795. The summed E-state index contributed by atoms with van der Waals surface area (Å²) in [6, 6.07) is 0.795. The van der Waals surface area contributed by atoms with Crippen molar-refractivity contribution in [2.45, 2.75) is 31.7 Å². The third-order valence-corrected chi connectivity index (χ3v) is 3.23. The first-order valence-electron chi connectivity index (χ1n) is 5.17. The Morgan fingerprint density at radius 1 is 1.46 bits per heavy atom. The largest absolute Gasteiger partial charge is 0.383 e. The summed E-state index contributed by atoms with van der Waals surface area (Å²) in [5.41, 5.74) is 0. The van der Waals surface area contributed by atoms with Crippen LogP contribution in [0.3, 0.4) is 0 Å². The van der Waals surface area contributed by atoms with E-state index in [9.17, 15) is 0 Å². The van der Waals surface area contributed by atoms with Gasteiger partial charge in [-0.1, -0.05) is 22.4 Å². The van der Waals surface area contributed by atoms with Gasteiger partial charge in [0.15, 0.2) is 0 Å². The molecule has 1 atom stereocenters. The van der Waals surface area contributed by atoms with E-state index in [-0.39, 0.29) is 0 Å². The van der Waals surface area contributed by atoms with Crippen LogP contribution in [0.15, 0.2) is 0 Å². The molecule has 1 unspecified atom stereocenters. The Balaban J connectivity index is 2.28. The predicted octanol–water partition coefficient (Wildman–Crippen LogP) is 2.27. The average Bonchev–Trinajstić information content (AvgIpc) is 2.17. The van der Waals surface area contributed by atoms with Crippen molar-refractivity contribution >= 4 is 15.9 Å². The highest BCUT2D eigenvalue weighted by molar-refractivity contribution is 9.09. The molecule has 0 N–H and O–H groups in total. The van der Waals surface area contributed by atoms with E-state index in [1.807, 2.05) is 0 Å². The van der Waals surface area contributed by atoms with Gasteiger partial charge in [-0.2, -0.15) is 0 Å². The third kappa shape index (κ3) is 3.96. The molecule has 0 aromatic carbocycles. The minimum absolute atomic E-state index is 0.795. The number of likely N-dealkylation sites (tertiary alicyclic amines) is 1. The first-order valence-corrected chi connectivity index (χ1v) is 6.29. The lowest BCUT2D eigenvalue weighted by Crippen LogP contribution is -2.41. The Bertz CT molecular complexity index is 130. The fraction of sp³-hybridized carbons (Fsp3) is 1.00. The molecule has 0 amide bonds. The number of rotatable bonds is 5. The molecule has 1 rings (SSSR count). The number of hydrogen-bond acceptors (Lipinski definition) is 2. The molecule has 78 valence electrons. The summed E-state index contributed by atoms with van der Waals surface area (Å²) in [4.78, 5) is 2.58. The minimum Gasteiger partial charge on any atom is -0.383 e. The number of halogens is 1. The van der Waals surface area contributed by atoms with E-state index in [1.165, 1.54) is 32.2 Å². The molecule has 0 aromatic rings. The van der Waals surface area contributed by atoms with Crippen LogP contribution in [0.2, 0.25) is 0 Å². The van der Waals surface area contributed by atoms with Crippen LogP contribution in [-0.4, -0.2) is 43.1 Å². The topological polar surface area (TPSA) is 12.5 Å². The van der Waals surface area contributed by atoms with Crippen LogP contribution < -0.4 is 0 Å². The average molecular weight is 250 g/mol. The molecule has 0 radical (unpaired) electrons. The quantitative estimate of drug-likeness (QED) is 0.694. The molecule has 1 aliphatic heterocycles. The van der Waals surface area contributed by atoms with Crippen molar-refractivity contribution in [2.75, 3.05) is 32.1 Å². The number of ether oxygens (including phenoxy) is 1. The Hall–Kier alpha value is 0.400. The summed E-state index contributed by atoms with van der Waals surface area (Å²) in [5.74, 6) is 0. The lowest BCUT2D eigenvalue weighted by Gasteiger charge is -2.35. The maximum absolute atomic E-state index is 5.12. The van der Waals surface area contributed by atoms with Crippen LogP contribution in [-0.2, 0) is 4.74 Å². The van der Waals surface area contributed by atoms with Gasteiger partial charge in [-0.3, -0.25) is 4.90 Å². The van der Waals surface area contributed by atoms with Gasteiger partial charge in [0.25, 0.3) is 0 Å². The number of piperidine rings is 1. The standard InChI is InChI=1S/C10H20BrNO/c1-13-9-8-12-7-3-2-4-10(12)5-6-11/h10H,2-9H2,1H3. The van der Waals surface area contributed by atoms with Gasteiger partial charge in [0.05, 0.1) is 6.61 Å². The van der Waals surface area contributed by atoms with E-state index >= 15 is 0 Å². The number of nitrogens with zero attached hydrogens (tertiary/aromatic N) is 1. The Morgan fingerprint density at radius 2 is 2.31 bits per heavy atom. The number of alkyl halides is 1. The molecule has 3 heteroatoms. The second-order valence-electron chi connectivity index (χ2n) is 3.66. The lowest BCUT2D eigenvalue weighted by molar-refractivity contribution is 0.0948. The van der Waals surface area contributed by atoms with Gasteiger partial charge in [-0.15, -0.1) is 0 Å². The molecule has 1 fully saturated rings. The first kappa shape index (κ1) is 11.5. The molecular weight excluding hydrogens is 230 g/mol. The second-order valence-corrected chi connectivity index (χ2v) is 4.45. The molecule has 0 bridgehead atoms. The first-order chi connectivity index (χ1) is 6.38. The molecule has 0 saturated carbocycles. The summed E-state index contributed by atoms with van der Waals surface area (Å²) in [6.07, 6.45) is 5.42. The smallest absolute Gasteiger partial charge is 0.0589 e. The summed E-state index contributed by atoms with van der Waals surface area (Å²) in [5, 5.41) is 1.13. The zero-order valence-electron chi connectivity index (χ0n) is 8.47. The fourth-order valence-corrected chi connectivity index (χ4v) is 2.54. The van der Waals surface area contributed by atoms with Gasteiger partial charge in [0, 0.05) is 25.0 Å². The predicted molar refractivity (Wildman–Crippen MR) is 59.5 cm³/mol. The van der Waals surface area contributed by atoms with Crippen LogP contribution in [0.1, 0.15) is 25.7 Å². The highest BCUT2D eigenvalue weighted by atomic mass is 79.9.